The summed E-state index contributed by atoms with van der Waals surface area (Å²) < 4.78 is 0. The third-order valence-electron chi connectivity index (χ3n) is 3.30. The Morgan fingerprint density at radius 1 is 1.18 bits per heavy atom. The zero-order chi connectivity index (χ0) is 7.68. The highest BCUT2D eigenvalue weighted by molar-refractivity contribution is 4.89. The van der Waals surface area contributed by atoms with Crippen molar-refractivity contribution in [3.63, 3.8) is 0 Å². The molecule has 2 N–H and O–H groups in total. The van der Waals surface area contributed by atoms with Crippen molar-refractivity contribution in [1.29, 1.82) is 0 Å². The van der Waals surface area contributed by atoms with Crippen molar-refractivity contribution in [1.82, 2.24) is 4.90 Å². The van der Waals surface area contributed by atoms with Gasteiger partial charge in [-0.15, -0.1) is 0 Å². The van der Waals surface area contributed by atoms with E-state index in [1.807, 2.05) is 0 Å². The number of fused-ring (bicyclic) bond motifs is 1. The van der Waals surface area contributed by atoms with E-state index in [2.05, 4.69) is 4.90 Å². The van der Waals surface area contributed by atoms with Crippen LogP contribution in [-0.4, -0.2) is 30.6 Å². The van der Waals surface area contributed by atoms with Gasteiger partial charge in [0.25, 0.3) is 0 Å². The molecule has 2 rings (SSSR count). The molecular weight excluding hydrogens is 136 g/mol. The minimum absolute atomic E-state index is 0.815. The minimum Gasteiger partial charge on any atom is -0.330 e. The average Bonchev–Trinajstić information content (AvgIpc) is 2.47. The predicted molar refractivity (Wildman–Crippen MR) is 46.4 cm³/mol. The van der Waals surface area contributed by atoms with E-state index in [9.17, 15) is 0 Å². The lowest BCUT2D eigenvalue weighted by Crippen LogP contribution is -2.38. The molecule has 0 aromatic rings. The molecule has 0 spiro atoms. The predicted octanol–water partition coefficient (Wildman–Crippen LogP) is 0.819. The van der Waals surface area contributed by atoms with Crippen LogP contribution in [0.3, 0.4) is 0 Å². The van der Waals surface area contributed by atoms with Gasteiger partial charge >= 0.3 is 0 Å². The third kappa shape index (κ3) is 1.30. The van der Waals surface area contributed by atoms with Crippen molar-refractivity contribution in [3.8, 4) is 0 Å². The molecule has 0 aromatic heterocycles. The fraction of sp³-hybridized carbons (Fsp3) is 1.00. The summed E-state index contributed by atoms with van der Waals surface area (Å²) in [5.74, 6) is 0.815. The molecule has 2 saturated heterocycles. The molecule has 2 aliphatic rings. The van der Waals surface area contributed by atoms with Crippen molar-refractivity contribution in [2.45, 2.75) is 31.7 Å². The summed E-state index contributed by atoms with van der Waals surface area (Å²) >= 11 is 0. The summed E-state index contributed by atoms with van der Waals surface area (Å²) in [6.07, 6.45) is 5.59. The molecule has 2 atom stereocenters. The Kier molecular flexibility index (Phi) is 2.14. The van der Waals surface area contributed by atoms with Gasteiger partial charge in [0, 0.05) is 6.04 Å². The zero-order valence-corrected chi connectivity index (χ0v) is 7.13. The second-order valence-corrected chi connectivity index (χ2v) is 3.88. The monoisotopic (exact) mass is 154 g/mol. The molecule has 2 unspecified atom stereocenters. The van der Waals surface area contributed by atoms with Crippen LogP contribution in [0, 0.1) is 5.92 Å². The molecule has 2 fully saturated rings. The van der Waals surface area contributed by atoms with Gasteiger partial charge in [0.15, 0.2) is 0 Å². The second kappa shape index (κ2) is 3.11. The first-order chi connectivity index (χ1) is 5.42. The van der Waals surface area contributed by atoms with Crippen LogP contribution in [0.1, 0.15) is 25.7 Å². The zero-order valence-electron chi connectivity index (χ0n) is 7.13. The van der Waals surface area contributed by atoms with Crippen LogP contribution < -0.4 is 5.73 Å². The van der Waals surface area contributed by atoms with Gasteiger partial charge in [0.2, 0.25) is 0 Å². The molecule has 0 aromatic carbocycles. The van der Waals surface area contributed by atoms with Crippen molar-refractivity contribution >= 4 is 0 Å². The number of rotatable bonds is 1. The van der Waals surface area contributed by atoms with E-state index in [-0.39, 0.29) is 0 Å². The lowest BCUT2D eigenvalue weighted by Gasteiger charge is -2.31. The Morgan fingerprint density at radius 3 is 2.91 bits per heavy atom. The lowest BCUT2D eigenvalue weighted by atomic mass is 9.93. The van der Waals surface area contributed by atoms with Gasteiger partial charge < -0.3 is 10.6 Å². The Labute approximate surface area is 68.7 Å². The Hall–Kier alpha value is -0.0800. The lowest BCUT2D eigenvalue weighted by molar-refractivity contribution is 0.174. The van der Waals surface area contributed by atoms with Crippen LogP contribution >= 0.6 is 0 Å². The van der Waals surface area contributed by atoms with Gasteiger partial charge in [-0.25, -0.2) is 0 Å². The highest BCUT2D eigenvalue weighted by Crippen LogP contribution is 2.30. The smallest absolute Gasteiger partial charge is 0.0136 e. The van der Waals surface area contributed by atoms with E-state index >= 15 is 0 Å². The van der Waals surface area contributed by atoms with Crippen molar-refractivity contribution < 1.29 is 0 Å². The first-order valence-electron chi connectivity index (χ1n) is 4.86. The van der Waals surface area contributed by atoms with Crippen molar-refractivity contribution in [2.24, 2.45) is 11.7 Å². The maximum atomic E-state index is 5.71. The first kappa shape index (κ1) is 7.56. The van der Waals surface area contributed by atoms with Crippen LogP contribution in [0.15, 0.2) is 0 Å². The Morgan fingerprint density at radius 2 is 2.09 bits per heavy atom. The summed E-state index contributed by atoms with van der Waals surface area (Å²) in [6, 6.07) is 0.855. The molecule has 0 radical (unpaired) electrons. The fourth-order valence-electron chi connectivity index (χ4n) is 2.63. The van der Waals surface area contributed by atoms with Crippen LogP contribution in [0.5, 0.6) is 0 Å². The molecule has 2 heterocycles. The summed E-state index contributed by atoms with van der Waals surface area (Å²) in [4.78, 5) is 2.64. The SMILES string of the molecule is NCC1CCN2CCCCC12. The molecule has 0 saturated carbocycles. The number of hydrogen-bond acceptors (Lipinski definition) is 2. The van der Waals surface area contributed by atoms with Gasteiger partial charge in [-0.1, -0.05) is 6.42 Å². The second-order valence-electron chi connectivity index (χ2n) is 3.88. The highest BCUT2D eigenvalue weighted by atomic mass is 15.2. The van der Waals surface area contributed by atoms with E-state index in [1.165, 1.54) is 38.8 Å². The molecule has 0 amide bonds. The van der Waals surface area contributed by atoms with Gasteiger partial charge in [-0.3, -0.25) is 0 Å². The largest absolute Gasteiger partial charge is 0.330 e. The maximum absolute atomic E-state index is 5.71. The minimum atomic E-state index is 0.815. The number of hydrogen-bond donors (Lipinski definition) is 1. The van der Waals surface area contributed by atoms with E-state index < -0.39 is 0 Å². The number of nitrogens with zero attached hydrogens (tertiary/aromatic N) is 1. The van der Waals surface area contributed by atoms with Crippen LogP contribution in [0.4, 0.5) is 0 Å². The molecule has 0 bridgehead atoms. The molecule has 11 heavy (non-hydrogen) atoms. The van der Waals surface area contributed by atoms with Crippen LogP contribution in [0.25, 0.3) is 0 Å². The molecule has 2 nitrogen and oxygen atoms in total. The van der Waals surface area contributed by atoms with Gasteiger partial charge in [-0.2, -0.15) is 0 Å². The molecule has 2 aliphatic heterocycles. The van der Waals surface area contributed by atoms with Gasteiger partial charge in [-0.05, 0) is 44.8 Å². The first-order valence-corrected chi connectivity index (χ1v) is 4.86. The summed E-state index contributed by atoms with van der Waals surface area (Å²) in [5.41, 5.74) is 5.71. The Balaban J connectivity index is 1.98. The van der Waals surface area contributed by atoms with E-state index in [0.29, 0.717) is 0 Å². The van der Waals surface area contributed by atoms with Crippen LogP contribution in [0.2, 0.25) is 0 Å². The standard InChI is InChI=1S/C9H18N2/c10-7-8-4-6-11-5-2-1-3-9(8)11/h8-9H,1-7,10H2. The molecule has 64 valence electrons. The third-order valence-corrected chi connectivity index (χ3v) is 3.30. The average molecular weight is 154 g/mol. The van der Waals surface area contributed by atoms with Crippen molar-refractivity contribution in [2.75, 3.05) is 19.6 Å². The molecule has 0 aliphatic carbocycles. The summed E-state index contributed by atoms with van der Waals surface area (Å²) in [5, 5.41) is 0. The van der Waals surface area contributed by atoms with E-state index in [4.69, 9.17) is 5.73 Å². The highest BCUT2D eigenvalue weighted by Gasteiger charge is 2.34. The maximum Gasteiger partial charge on any atom is 0.0136 e. The topological polar surface area (TPSA) is 29.3 Å². The molecule has 2 heteroatoms. The van der Waals surface area contributed by atoms with Crippen molar-refractivity contribution in [3.05, 3.63) is 0 Å². The fourth-order valence-corrected chi connectivity index (χ4v) is 2.63. The van der Waals surface area contributed by atoms with Crippen LogP contribution in [-0.2, 0) is 0 Å². The van der Waals surface area contributed by atoms with Gasteiger partial charge in [0.05, 0.1) is 0 Å². The Bertz CT molecular complexity index is 130. The van der Waals surface area contributed by atoms with Gasteiger partial charge in [0.1, 0.15) is 0 Å². The summed E-state index contributed by atoms with van der Waals surface area (Å²) in [7, 11) is 0. The summed E-state index contributed by atoms with van der Waals surface area (Å²) in [6.45, 7) is 3.55. The van der Waals surface area contributed by atoms with E-state index in [1.54, 1.807) is 0 Å². The normalized spacial score (nSPS) is 39.0. The molecular formula is C9H18N2. The quantitative estimate of drug-likeness (QED) is 0.606. The number of piperidine rings is 1. The van der Waals surface area contributed by atoms with E-state index in [0.717, 1.165) is 18.5 Å². The number of nitrogens with two attached hydrogens (primary N) is 1.